The van der Waals surface area contributed by atoms with E-state index in [9.17, 15) is 9.18 Å². The Hall–Kier alpha value is -3.20. The second-order valence-electron chi connectivity index (χ2n) is 6.65. The predicted octanol–water partition coefficient (Wildman–Crippen LogP) is 2.90. The number of hydrazine groups is 1. The van der Waals surface area contributed by atoms with Crippen LogP contribution in [0.1, 0.15) is 11.6 Å². The number of nitrogens with one attached hydrogen (secondary N) is 1. The molecule has 0 bridgehead atoms. The lowest BCUT2D eigenvalue weighted by atomic mass is 9.96. The third kappa shape index (κ3) is 6.39. The molecule has 0 fully saturated rings. The van der Waals surface area contributed by atoms with Gasteiger partial charge in [0.15, 0.2) is 0 Å². The number of halogens is 2. The van der Waals surface area contributed by atoms with Crippen LogP contribution in [0, 0.1) is 5.82 Å². The molecule has 0 amide bonds. The minimum atomic E-state index is -0.767. The van der Waals surface area contributed by atoms with Crippen molar-refractivity contribution in [3.05, 3.63) is 94.7 Å². The van der Waals surface area contributed by atoms with E-state index in [4.69, 9.17) is 27.9 Å². The number of benzene rings is 1. The van der Waals surface area contributed by atoms with Gasteiger partial charge in [0.05, 0.1) is 24.6 Å². The summed E-state index contributed by atoms with van der Waals surface area (Å²) in [4.78, 5) is 16.6. The van der Waals surface area contributed by atoms with Crippen molar-refractivity contribution in [1.82, 2.24) is 10.3 Å². The van der Waals surface area contributed by atoms with Crippen molar-refractivity contribution in [1.29, 1.82) is 0 Å². The Morgan fingerprint density at radius 2 is 2.19 bits per heavy atom. The molecular formula is C22H25ClFN5O2. The summed E-state index contributed by atoms with van der Waals surface area (Å²) in [6, 6.07) is 3.17. The normalized spacial score (nSPS) is 17.0. The van der Waals surface area contributed by atoms with Crippen LogP contribution in [-0.4, -0.2) is 37.4 Å². The van der Waals surface area contributed by atoms with E-state index in [-0.39, 0.29) is 18.2 Å². The van der Waals surface area contributed by atoms with Crippen LogP contribution in [0.15, 0.2) is 83.3 Å². The largest absolute Gasteiger partial charge is 0.399 e. The highest BCUT2D eigenvalue weighted by molar-refractivity contribution is 6.31. The summed E-state index contributed by atoms with van der Waals surface area (Å²) in [6.45, 7) is 7.60. The van der Waals surface area contributed by atoms with E-state index in [0.717, 1.165) is 0 Å². The van der Waals surface area contributed by atoms with Crippen LogP contribution in [0.5, 0.6) is 0 Å². The quantitative estimate of drug-likeness (QED) is 0.221. The molecule has 31 heavy (non-hydrogen) atoms. The van der Waals surface area contributed by atoms with Crippen LogP contribution in [0.25, 0.3) is 0 Å². The Morgan fingerprint density at radius 3 is 2.77 bits per heavy atom. The van der Waals surface area contributed by atoms with Gasteiger partial charge < -0.3 is 20.8 Å². The first-order valence-electron chi connectivity index (χ1n) is 9.25. The van der Waals surface area contributed by atoms with Crippen molar-refractivity contribution in [3.63, 3.8) is 0 Å². The average molecular weight is 446 g/mol. The maximum atomic E-state index is 13.6. The van der Waals surface area contributed by atoms with E-state index in [0.29, 0.717) is 40.2 Å². The summed E-state index contributed by atoms with van der Waals surface area (Å²) in [5.74, 6) is 5.48. The van der Waals surface area contributed by atoms with Crippen LogP contribution in [0.2, 0.25) is 5.02 Å². The number of carbonyl (C=O) groups excluding carboxylic acids is 1. The Labute approximate surface area is 185 Å². The van der Waals surface area contributed by atoms with Crippen LogP contribution in [-0.2, 0) is 9.53 Å². The number of nitrogens with zero attached hydrogens (tertiary/aromatic N) is 2. The molecule has 1 aliphatic heterocycles. The highest BCUT2D eigenvalue weighted by Crippen LogP contribution is 2.35. The first kappa shape index (κ1) is 24.1. The minimum Gasteiger partial charge on any atom is -0.399 e. The Bertz CT molecular complexity index is 982. The number of aliphatic imine (C=N–C) groups is 1. The van der Waals surface area contributed by atoms with Gasteiger partial charge in [0.1, 0.15) is 24.0 Å². The Kier molecular flexibility index (Phi) is 8.75. The fraction of sp³-hybridized carbons (Fsp3) is 0.182. The lowest BCUT2D eigenvalue weighted by Gasteiger charge is -2.27. The second-order valence-corrected chi connectivity index (χ2v) is 7.05. The van der Waals surface area contributed by atoms with Gasteiger partial charge in [-0.25, -0.2) is 10.2 Å². The molecular weight excluding hydrogens is 421 g/mol. The molecule has 1 atom stereocenters. The maximum Gasteiger partial charge on any atom is 0.150 e. The van der Waals surface area contributed by atoms with E-state index in [1.165, 1.54) is 29.4 Å². The number of ether oxygens (including phenoxy) is 1. The summed E-state index contributed by atoms with van der Waals surface area (Å²) in [5, 5.41) is 4.57. The second kappa shape index (κ2) is 11.3. The van der Waals surface area contributed by atoms with Gasteiger partial charge in [-0.3, -0.25) is 9.79 Å². The molecule has 1 heterocycles. The minimum absolute atomic E-state index is 0.0315. The highest BCUT2D eigenvalue weighted by Gasteiger charge is 2.28. The number of hydrogen-bond acceptors (Lipinski definition) is 7. The molecule has 0 saturated carbocycles. The molecule has 1 unspecified atom stereocenters. The summed E-state index contributed by atoms with van der Waals surface area (Å²) in [7, 11) is 1.63. The zero-order valence-corrected chi connectivity index (χ0v) is 17.9. The maximum absolute atomic E-state index is 13.6. The monoisotopic (exact) mass is 445 g/mol. The number of hydrogen-bond donors (Lipinski definition) is 3. The van der Waals surface area contributed by atoms with Crippen LogP contribution in [0.3, 0.4) is 0 Å². The fourth-order valence-electron chi connectivity index (χ4n) is 2.91. The van der Waals surface area contributed by atoms with Crippen molar-refractivity contribution in [3.8, 4) is 0 Å². The third-order valence-corrected chi connectivity index (χ3v) is 4.56. The van der Waals surface area contributed by atoms with Gasteiger partial charge in [-0.15, -0.1) is 0 Å². The molecule has 1 aliphatic rings. The molecule has 0 spiro atoms. The molecule has 1 aromatic carbocycles. The third-order valence-electron chi connectivity index (χ3n) is 4.23. The molecule has 1 aromatic rings. The molecule has 7 nitrogen and oxygen atoms in total. The summed E-state index contributed by atoms with van der Waals surface area (Å²) >= 11 is 6.26. The molecule has 0 radical (unpaired) electrons. The lowest BCUT2D eigenvalue weighted by Crippen LogP contribution is -2.34. The van der Waals surface area contributed by atoms with Crippen molar-refractivity contribution in [2.75, 3.05) is 20.3 Å². The van der Waals surface area contributed by atoms with Crippen LogP contribution in [0.4, 0.5) is 4.39 Å². The SMILES string of the molecule is C=C/C=C(\C=C)C1=NC(c2ccc(F)cc2Cl)C(C=O)=C(COC/C(N)=C/N(C)N)N1. The number of carbonyl (C=O) groups is 1. The van der Waals surface area contributed by atoms with Crippen molar-refractivity contribution in [2.45, 2.75) is 6.04 Å². The van der Waals surface area contributed by atoms with E-state index in [1.54, 1.807) is 25.3 Å². The van der Waals surface area contributed by atoms with Crippen molar-refractivity contribution >= 4 is 23.7 Å². The van der Waals surface area contributed by atoms with E-state index >= 15 is 0 Å². The Balaban J connectivity index is 2.46. The summed E-state index contributed by atoms with van der Waals surface area (Å²) in [5.41, 5.74) is 8.14. The van der Waals surface area contributed by atoms with E-state index < -0.39 is 11.9 Å². The molecule has 164 valence electrons. The molecule has 0 aromatic heterocycles. The number of nitrogens with two attached hydrogens (primary N) is 2. The molecule has 2 rings (SSSR count). The highest BCUT2D eigenvalue weighted by atomic mass is 35.5. The Morgan fingerprint density at radius 1 is 1.45 bits per heavy atom. The van der Waals surface area contributed by atoms with Gasteiger partial charge in [-0.05, 0) is 12.1 Å². The van der Waals surface area contributed by atoms with E-state index in [1.807, 2.05) is 0 Å². The summed E-state index contributed by atoms with van der Waals surface area (Å²) < 4.78 is 19.2. The molecule has 0 saturated heterocycles. The van der Waals surface area contributed by atoms with Gasteiger partial charge in [0.25, 0.3) is 0 Å². The first-order valence-corrected chi connectivity index (χ1v) is 9.63. The first-order chi connectivity index (χ1) is 14.8. The smallest absolute Gasteiger partial charge is 0.150 e. The number of aldehydes is 1. The van der Waals surface area contributed by atoms with E-state index in [2.05, 4.69) is 23.5 Å². The summed E-state index contributed by atoms with van der Waals surface area (Å²) in [6.07, 6.45) is 7.09. The number of allylic oxidation sites excluding steroid dienone is 2. The van der Waals surface area contributed by atoms with Gasteiger partial charge in [0, 0.05) is 35.0 Å². The van der Waals surface area contributed by atoms with Crippen molar-refractivity contribution < 1.29 is 13.9 Å². The number of rotatable bonds is 10. The average Bonchev–Trinajstić information content (AvgIpc) is 2.71. The standard InChI is InChI=1S/C22H25ClFN5O2/c1-4-6-14(5-2)22-27-20(13-31-12-16(25)10-29(3)26)18(11-30)21(28-22)17-8-7-15(24)9-19(17)23/h4-11,21H,1-2,12-13,25-26H2,3H3,(H,27,28)/b14-6+,16-10-. The van der Waals surface area contributed by atoms with Gasteiger partial charge >= 0.3 is 0 Å². The molecule has 9 heteroatoms. The zero-order chi connectivity index (χ0) is 23.0. The fourth-order valence-corrected chi connectivity index (χ4v) is 3.18. The lowest BCUT2D eigenvalue weighted by molar-refractivity contribution is -0.105. The van der Waals surface area contributed by atoms with Gasteiger partial charge in [-0.2, -0.15) is 0 Å². The zero-order valence-electron chi connectivity index (χ0n) is 17.1. The van der Waals surface area contributed by atoms with Crippen LogP contribution < -0.4 is 16.9 Å². The van der Waals surface area contributed by atoms with Crippen LogP contribution >= 0.6 is 11.6 Å². The van der Waals surface area contributed by atoms with Crippen molar-refractivity contribution in [2.24, 2.45) is 16.6 Å². The van der Waals surface area contributed by atoms with Gasteiger partial charge in [-0.1, -0.05) is 49.1 Å². The molecule has 0 aliphatic carbocycles. The molecule has 5 N–H and O–H groups in total. The topological polar surface area (TPSA) is 106 Å². The predicted molar refractivity (Wildman–Crippen MR) is 121 cm³/mol. The number of amidine groups is 1. The van der Waals surface area contributed by atoms with Gasteiger partial charge in [0.2, 0.25) is 0 Å².